The molecule has 1 aromatic carbocycles. The number of benzene rings is 1. The smallest absolute Gasteiger partial charge is 0.0717 e. The molecule has 0 N–H and O–H groups in total. The molecule has 0 saturated carbocycles. The highest BCUT2D eigenvalue weighted by atomic mass is 79.9. The standard InChI is InChI=1S/C10H7BrClN.C2H6/c1-6-5-13-9-3-2-7(11)4-8(9)10(6)12;1-2/h2-5H,1H3;1-2H3. The lowest BCUT2D eigenvalue weighted by atomic mass is 10.2. The second kappa shape index (κ2) is 5.47. The molecule has 2 rings (SSSR count). The summed E-state index contributed by atoms with van der Waals surface area (Å²) < 4.78 is 1.02. The van der Waals surface area contributed by atoms with E-state index >= 15 is 0 Å². The van der Waals surface area contributed by atoms with E-state index < -0.39 is 0 Å². The van der Waals surface area contributed by atoms with Crippen LogP contribution in [0.1, 0.15) is 19.4 Å². The molecule has 2 aromatic rings. The summed E-state index contributed by atoms with van der Waals surface area (Å²) in [6.45, 7) is 5.95. The largest absolute Gasteiger partial charge is 0.256 e. The minimum Gasteiger partial charge on any atom is -0.256 e. The third kappa shape index (κ3) is 2.70. The van der Waals surface area contributed by atoms with Crippen molar-refractivity contribution in [1.29, 1.82) is 0 Å². The van der Waals surface area contributed by atoms with E-state index in [0.29, 0.717) is 0 Å². The van der Waals surface area contributed by atoms with Crippen LogP contribution in [0.4, 0.5) is 0 Å². The zero-order valence-corrected chi connectivity index (χ0v) is 11.4. The van der Waals surface area contributed by atoms with Gasteiger partial charge in [0.15, 0.2) is 0 Å². The van der Waals surface area contributed by atoms with Crippen molar-refractivity contribution in [2.75, 3.05) is 0 Å². The van der Waals surface area contributed by atoms with E-state index in [4.69, 9.17) is 11.6 Å². The number of fused-ring (bicyclic) bond motifs is 1. The summed E-state index contributed by atoms with van der Waals surface area (Å²) in [6, 6.07) is 5.89. The average Bonchev–Trinajstić information content (AvgIpc) is 2.27. The van der Waals surface area contributed by atoms with Crippen LogP contribution in [0.2, 0.25) is 5.02 Å². The molecule has 1 heterocycles. The topological polar surface area (TPSA) is 12.9 Å². The molecule has 1 nitrogen and oxygen atoms in total. The van der Waals surface area contributed by atoms with Crippen LogP contribution in [0, 0.1) is 6.92 Å². The van der Waals surface area contributed by atoms with Crippen LogP contribution in [0.25, 0.3) is 10.9 Å². The molecule has 80 valence electrons. The van der Waals surface area contributed by atoms with Gasteiger partial charge in [-0.1, -0.05) is 41.4 Å². The number of rotatable bonds is 0. The lowest BCUT2D eigenvalue weighted by Crippen LogP contribution is -1.83. The summed E-state index contributed by atoms with van der Waals surface area (Å²) >= 11 is 9.54. The highest BCUT2D eigenvalue weighted by molar-refractivity contribution is 9.10. The van der Waals surface area contributed by atoms with Crippen LogP contribution in [0.3, 0.4) is 0 Å². The van der Waals surface area contributed by atoms with Gasteiger partial charge in [0, 0.05) is 16.1 Å². The predicted molar refractivity (Wildman–Crippen MR) is 70.5 cm³/mol. The summed E-state index contributed by atoms with van der Waals surface area (Å²) in [5.74, 6) is 0. The van der Waals surface area contributed by atoms with Gasteiger partial charge in [-0.2, -0.15) is 0 Å². The van der Waals surface area contributed by atoms with Crippen molar-refractivity contribution in [2.24, 2.45) is 0 Å². The zero-order chi connectivity index (χ0) is 11.4. The van der Waals surface area contributed by atoms with Crippen molar-refractivity contribution in [3.05, 3.63) is 39.5 Å². The van der Waals surface area contributed by atoms with E-state index in [1.54, 1.807) is 6.20 Å². The Morgan fingerprint density at radius 3 is 2.60 bits per heavy atom. The number of hydrogen-bond donors (Lipinski definition) is 0. The number of aromatic nitrogens is 1. The Hall–Kier alpha value is -0.600. The maximum Gasteiger partial charge on any atom is 0.0717 e. The maximum atomic E-state index is 6.14. The second-order valence-corrected chi connectivity index (χ2v) is 4.21. The molecule has 0 atom stereocenters. The molecular weight excluding hydrogens is 273 g/mol. The molecular formula is C12H13BrClN. The van der Waals surface area contributed by atoms with Gasteiger partial charge in [0.1, 0.15) is 0 Å². The third-order valence-corrected chi connectivity index (χ3v) is 2.93. The van der Waals surface area contributed by atoms with Gasteiger partial charge in [-0.05, 0) is 30.7 Å². The Labute approximate surface area is 104 Å². The van der Waals surface area contributed by atoms with Crippen LogP contribution in [-0.4, -0.2) is 4.98 Å². The highest BCUT2D eigenvalue weighted by Crippen LogP contribution is 2.27. The number of pyridine rings is 1. The first-order valence-electron chi connectivity index (χ1n) is 4.89. The van der Waals surface area contributed by atoms with Gasteiger partial charge in [0.2, 0.25) is 0 Å². The van der Waals surface area contributed by atoms with Gasteiger partial charge in [-0.15, -0.1) is 0 Å². The van der Waals surface area contributed by atoms with Crippen LogP contribution in [0.15, 0.2) is 28.9 Å². The molecule has 15 heavy (non-hydrogen) atoms. The summed E-state index contributed by atoms with van der Waals surface area (Å²) in [4.78, 5) is 4.28. The van der Waals surface area contributed by atoms with E-state index in [9.17, 15) is 0 Å². The Kier molecular flexibility index (Phi) is 4.55. The zero-order valence-electron chi connectivity index (χ0n) is 9.01. The van der Waals surface area contributed by atoms with Gasteiger partial charge in [0.25, 0.3) is 0 Å². The van der Waals surface area contributed by atoms with Gasteiger partial charge >= 0.3 is 0 Å². The van der Waals surface area contributed by atoms with Gasteiger partial charge < -0.3 is 0 Å². The molecule has 0 saturated heterocycles. The fourth-order valence-corrected chi connectivity index (χ4v) is 1.79. The lowest BCUT2D eigenvalue weighted by Gasteiger charge is -2.02. The van der Waals surface area contributed by atoms with Gasteiger partial charge in [0.05, 0.1) is 10.5 Å². The van der Waals surface area contributed by atoms with Crippen LogP contribution < -0.4 is 0 Å². The molecule has 0 aliphatic carbocycles. The molecule has 0 spiro atoms. The molecule has 3 heteroatoms. The summed E-state index contributed by atoms with van der Waals surface area (Å²) in [7, 11) is 0. The SMILES string of the molecule is CC.Cc1cnc2ccc(Br)cc2c1Cl. The molecule has 0 amide bonds. The van der Waals surface area contributed by atoms with E-state index in [1.807, 2.05) is 39.0 Å². The Balaban J connectivity index is 0.000000531. The first kappa shape index (κ1) is 12.5. The van der Waals surface area contributed by atoms with Gasteiger partial charge in [-0.3, -0.25) is 4.98 Å². The van der Waals surface area contributed by atoms with Crippen molar-refractivity contribution < 1.29 is 0 Å². The molecule has 0 radical (unpaired) electrons. The fraction of sp³-hybridized carbons (Fsp3) is 0.250. The van der Waals surface area contributed by atoms with Gasteiger partial charge in [-0.25, -0.2) is 0 Å². The monoisotopic (exact) mass is 285 g/mol. The molecule has 0 unspecified atom stereocenters. The predicted octanol–water partition coefficient (Wildman–Crippen LogP) is 4.99. The van der Waals surface area contributed by atoms with E-state index in [2.05, 4.69) is 20.9 Å². The normalized spacial score (nSPS) is 9.67. The highest BCUT2D eigenvalue weighted by Gasteiger charge is 2.03. The van der Waals surface area contributed by atoms with Crippen molar-refractivity contribution in [3.8, 4) is 0 Å². The number of aryl methyl sites for hydroxylation is 1. The van der Waals surface area contributed by atoms with Crippen LogP contribution >= 0.6 is 27.5 Å². The maximum absolute atomic E-state index is 6.14. The second-order valence-electron chi connectivity index (χ2n) is 2.92. The quantitative estimate of drug-likeness (QED) is 0.665. The summed E-state index contributed by atoms with van der Waals surface area (Å²) in [5.41, 5.74) is 1.94. The van der Waals surface area contributed by atoms with Crippen LogP contribution in [-0.2, 0) is 0 Å². The van der Waals surface area contributed by atoms with Crippen molar-refractivity contribution in [2.45, 2.75) is 20.8 Å². The number of nitrogens with zero attached hydrogens (tertiary/aromatic N) is 1. The third-order valence-electron chi connectivity index (χ3n) is 1.94. The van der Waals surface area contributed by atoms with E-state index in [0.717, 1.165) is 26.0 Å². The Bertz CT molecular complexity index is 463. The summed E-state index contributed by atoms with van der Waals surface area (Å²) in [5, 5.41) is 1.78. The number of halogens is 2. The summed E-state index contributed by atoms with van der Waals surface area (Å²) in [6.07, 6.45) is 1.79. The minimum absolute atomic E-state index is 0.784. The molecule has 1 aromatic heterocycles. The van der Waals surface area contributed by atoms with Crippen molar-refractivity contribution in [1.82, 2.24) is 4.98 Å². The molecule has 0 aliphatic rings. The molecule has 0 bridgehead atoms. The van der Waals surface area contributed by atoms with Crippen molar-refractivity contribution in [3.63, 3.8) is 0 Å². The van der Waals surface area contributed by atoms with E-state index in [1.165, 1.54) is 0 Å². The van der Waals surface area contributed by atoms with Crippen molar-refractivity contribution >= 4 is 38.4 Å². The Morgan fingerprint density at radius 1 is 1.27 bits per heavy atom. The first-order valence-corrected chi connectivity index (χ1v) is 6.06. The molecule has 0 aliphatic heterocycles. The van der Waals surface area contributed by atoms with Crippen LogP contribution in [0.5, 0.6) is 0 Å². The lowest BCUT2D eigenvalue weighted by molar-refractivity contribution is 1.33. The number of hydrogen-bond acceptors (Lipinski definition) is 1. The minimum atomic E-state index is 0.784. The fourth-order valence-electron chi connectivity index (χ4n) is 1.23. The van der Waals surface area contributed by atoms with E-state index in [-0.39, 0.29) is 0 Å². The Morgan fingerprint density at radius 2 is 1.93 bits per heavy atom. The first-order chi connectivity index (χ1) is 7.18. The molecule has 0 fully saturated rings. The average molecular weight is 287 g/mol.